The molecule has 1 unspecified atom stereocenters. The number of rotatable bonds is 26. The van der Waals surface area contributed by atoms with E-state index in [4.69, 9.17) is 28.5 Å². The molecule has 1 aliphatic rings. The number of fused-ring (bicyclic) bond motifs is 1. The molecule has 2 aromatic heterocycles. The lowest BCUT2D eigenvalue weighted by molar-refractivity contribution is -0.0691. The van der Waals surface area contributed by atoms with Crippen molar-refractivity contribution < 1.29 is 47.3 Å². The molecule has 1 aromatic carbocycles. The number of hydrogen-bond acceptors (Lipinski definition) is 12. The molecule has 302 valence electrons. The summed E-state index contributed by atoms with van der Waals surface area (Å²) in [6.07, 6.45) is 11.3. The van der Waals surface area contributed by atoms with E-state index in [0.29, 0.717) is 17.8 Å². The SMILES string of the molecule is CCCCCCCCCCCCCCCOC[C@H](COP(=O)(O)OC[C@H]1O[C@@](C#N)(c2ccc3c(C)ncnn23)[C@H](O)[C@@H]1O)OCc1ccc(C#N)cc1F. The average molecular weight is 788 g/mol. The van der Waals surface area contributed by atoms with Crippen molar-refractivity contribution in [3.05, 3.63) is 65.0 Å². The van der Waals surface area contributed by atoms with E-state index < -0.39 is 56.9 Å². The van der Waals surface area contributed by atoms with Crippen molar-refractivity contribution >= 4 is 13.3 Å². The number of phosphoric ester groups is 1. The maximum Gasteiger partial charge on any atom is 0.472 e. The van der Waals surface area contributed by atoms with Crippen LogP contribution in [0.5, 0.6) is 0 Å². The number of benzene rings is 1. The third kappa shape index (κ3) is 12.8. The van der Waals surface area contributed by atoms with Gasteiger partial charge in [-0.15, -0.1) is 0 Å². The maximum atomic E-state index is 14.6. The molecule has 1 aliphatic heterocycles. The molecule has 0 radical (unpaired) electrons. The Balaban J connectivity index is 1.25. The molecule has 0 saturated carbocycles. The average Bonchev–Trinajstić information content (AvgIpc) is 3.73. The number of nitrogens with zero attached hydrogens (tertiary/aromatic N) is 5. The Morgan fingerprint density at radius 2 is 1.65 bits per heavy atom. The first-order valence-corrected chi connectivity index (χ1v) is 20.8. The Hall–Kier alpha value is -3.34. The number of phosphoric acid groups is 1. The van der Waals surface area contributed by atoms with E-state index in [1.54, 1.807) is 13.0 Å². The van der Waals surface area contributed by atoms with Crippen LogP contribution in [-0.4, -0.2) is 80.5 Å². The number of aromatic nitrogens is 3. The molecular weight excluding hydrogens is 732 g/mol. The van der Waals surface area contributed by atoms with Crippen LogP contribution in [0.4, 0.5) is 4.39 Å². The van der Waals surface area contributed by atoms with Crippen molar-refractivity contribution in [2.75, 3.05) is 26.4 Å². The number of nitriles is 2. The first-order valence-electron chi connectivity index (χ1n) is 19.3. The lowest BCUT2D eigenvalue weighted by Gasteiger charge is -2.24. The smallest absolute Gasteiger partial charge is 0.387 e. The van der Waals surface area contributed by atoms with E-state index in [0.717, 1.165) is 25.3 Å². The van der Waals surface area contributed by atoms with Gasteiger partial charge in [-0.25, -0.2) is 18.5 Å². The molecule has 14 nitrogen and oxygen atoms in total. The second-order valence-corrected chi connectivity index (χ2v) is 15.5. The number of aryl methyl sites for hydroxylation is 1. The van der Waals surface area contributed by atoms with Crippen molar-refractivity contribution in [2.45, 2.75) is 134 Å². The van der Waals surface area contributed by atoms with Gasteiger partial charge in [0.05, 0.1) is 55.0 Å². The fourth-order valence-corrected chi connectivity index (χ4v) is 7.32. The van der Waals surface area contributed by atoms with Gasteiger partial charge in [0.1, 0.15) is 42.6 Å². The molecular formula is C39H55FN5O9P. The Morgan fingerprint density at radius 1 is 0.982 bits per heavy atom. The lowest BCUT2D eigenvalue weighted by Crippen LogP contribution is -2.41. The lowest BCUT2D eigenvalue weighted by atomic mass is 9.92. The van der Waals surface area contributed by atoms with Crippen LogP contribution in [0, 0.1) is 35.4 Å². The maximum absolute atomic E-state index is 14.6. The summed E-state index contributed by atoms with van der Waals surface area (Å²) in [6.45, 7) is 2.96. The molecule has 3 N–H and O–H groups in total. The van der Waals surface area contributed by atoms with Crippen molar-refractivity contribution in [3.63, 3.8) is 0 Å². The summed E-state index contributed by atoms with van der Waals surface area (Å²) in [5.41, 5.74) is -0.459. The molecule has 0 bridgehead atoms. The Morgan fingerprint density at radius 3 is 2.29 bits per heavy atom. The molecule has 55 heavy (non-hydrogen) atoms. The zero-order valence-electron chi connectivity index (χ0n) is 31.9. The van der Waals surface area contributed by atoms with Gasteiger partial charge in [0.2, 0.25) is 5.60 Å². The second-order valence-electron chi connectivity index (χ2n) is 14.0. The zero-order chi connectivity index (χ0) is 39.7. The highest BCUT2D eigenvalue weighted by molar-refractivity contribution is 7.47. The van der Waals surface area contributed by atoms with Crippen molar-refractivity contribution in [1.29, 1.82) is 10.5 Å². The number of hydrogen-bond donors (Lipinski definition) is 3. The van der Waals surface area contributed by atoms with Crippen LogP contribution < -0.4 is 0 Å². The first-order chi connectivity index (χ1) is 26.5. The molecule has 3 heterocycles. The van der Waals surface area contributed by atoms with E-state index in [9.17, 15) is 29.3 Å². The topological polar surface area (TPSA) is 202 Å². The monoisotopic (exact) mass is 787 g/mol. The molecule has 0 spiro atoms. The largest absolute Gasteiger partial charge is 0.472 e. The van der Waals surface area contributed by atoms with Crippen LogP contribution in [0.3, 0.4) is 0 Å². The second kappa shape index (κ2) is 22.4. The van der Waals surface area contributed by atoms with Gasteiger partial charge in [-0.2, -0.15) is 15.6 Å². The standard InChI is InChI=1S/C39H55FN5O9P/c1-3-4-5-6-7-8-9-10-11-12-13-14-15-20-50-24-32(51-23-31-17-16-30(22-41)21-33(31)40)25-52-55(48,49)53-26-35-37(46)38(47)39(27-42,54-35)36-19-18-34-29(2)43-28-44-45(34)36/h16-19,21,28,32,35,37-38,46-47H,3-15,20,23-26H2,1-2H3,(H,48,49)/t32-,35-,37-,38-,39+/m1/s1. The molecule has 16 heteroatoms. The molecule has 1 saturated heterocycles. The minimum Gasteiger partial charge on any atom is -0.387 e. The van der Waals surface area contributed by atoms with Crippen LogP contribution in [0.25, 0.3) is 5.52 Å². The summed E-state index contributed by atoms with van der Waals surface area (Å²) >= 11 is 0. The summed E-state index contributed by atoms with van der Waals surface area (Å²) < 4.78 is 56.8. The van der Waals surface area contributed by atoms with Gasteiger partial charge in [-0.1, -0.05) is 90.0 Å². The van der Waals surface area contributed by atoms with E-state index >= 15 is 0 Å². The summed E-state index contributed by atoms with van der Waals surface area (Å²) in [7, 11) is -4.82. The molecule has 3 aromatic rings. The number of ether oxygens (including phenoxy) is 3. The van der Waals surface area contributed by atoms with Crippen molar-refractivity contribution in [2.24, 2.45) is 0 Å². The third-order valence-electron chi connectivity index (χ3n) is 9.83. The summed E-state index contributed by atoms with van der Waals surface area (Å²) in [5, 5.41) is 45.1. The van der Waals surface area contributed by atoms with E-state index in [2.05, 4.69) is 17.0 Å². The molecule has 0 amide bonds. The fourth-order valence-electron chi connectivity index (χ4n) is 6.56. The normalized spacial score (nSPS) is 21.3. The zero-order valence-corrected chi connectivity index (χ0v) is 32.7. The minimum atomic E-state index is -4.82. The minimum absolute atomic E-state index is 0.0220. The van der Waals surface area contributed by atoms with Gasteiger partial charge in [0.15, 0.2) is 0 Å². The predicted octanol–water partition coefficient (Wildman–Crippen LogP) is 6.71. The van der Waals surface area contributed by atoms with Gasteiger partial charge in [0, 0.05) is 12.2 Å². The van der Waals surface area contributed by atoms with Crippen LogP contribution in [0.2, 0.25) is 0 Å². The summed E-state index contributed by atoms with van der Waals surface area (Å²) in [6, 6.07) is 10.9. The van der Waals surface area contributed by atoms with Gasteiger partial charge in [-0.05, 0) is 37.6 Å². The van der Waals surface area contributed by atoms with E-state index in [1.807, 2.05) is 12.1 Å². The first kappa shape index (κ1) is 44.4. The Labute approximate surface area is 322 Å². The molecule has 1 fully saturated rings. The van der Waals surface area contributed by atoms with Gasteiger partial charge >= 0.3 is 7.82 Å². The van der Waals surface area contributed by atoms with Crippen LogP contribution >= 0.6 is 7.82 Å². The van der Waals surface area contributed by atoms with Crippen LogP contribution in [0.1, 0.15) is 113 Å². The highest BCUT2D eigenvalue weighted by Crippen LogP contribution is 2.46. The molecule has 6 atom stereocenters. The highest BCUT2D eigenvalue weighted by Gasteiger charge is 2.58. The number of halogens is 1. The van der Waals surface area contributed by atoms with Crippen molar-refractivity contribution in [3.8, 4) is 12.1 Å². The van der Waals surface area contributed by atoms with Gasteiger partial charge < -0.3 is 29.3 Å². The van der Waals surface area contributed by atoms with E-state index in [-0.39, 0.29) is 30.0 Å². The quantitative estimate of drug-likeness (QED) is 0.0573. The predicted molar refractivity (Wildman–Crippen MR) is 200 cm³/mol. The highest BCUT2D eigenvalue weighted by atomic mass is 31.2. The molecule has 4 rings (SSSR count). The number of aliphatic hydroxyl groups excluding tert-OH is 2. The fraction of sp³-hybridized carbons (Fsp3) is 0.641. The number of unbranched alkanes of at least 4 members (excludes halogenated alkanes) is 12. The van der Waals surface area contributed by atoms with Crippen LogP contribution in [-0.2, 0) is 40.0 Å². The summed E-state index contributed by atoms with van der Waals surface area (Å²) in [5.74, 6) is -0.635. The number of aliphatic hydroxyl groups is 2. The summed E-state index contributed by atoms with van der Waals surface area (Å²) in [4.78, 5) is 14.7. The van der Waals surface area contributed by atoms with Gasteiger partial charge in [0.25, 0.3) is 0 Å². The molecule has 0 aliphatic carbocycles. The Bertz CT molecular complexity index is 1770. The van der Waals surface area contributed by atoms with Crippen molar-refractivity contribution in [1.82, 2.24) is 14.6 Å². The van der Waals surface area contributed by atoms with Crippen LogP contribution in [0.15, 0.2) is 36.7 Å². The van der Waals surface area contributed by atoms with E-state index in [1.165, 1.54) is 93.3 Å². The Kier molecular flexibility index (Phi) is 18.1. The van der Waals surface area contributed by atoms with Gasteiger partial charge in [-0.3, -0.25) is 9.05 Å². The third-order valence-corrected chi connectivity index (χ3v) is 10.8.